The van der Waals surface area contributed by atoms with E-state index in [1.165, 1.54) is 36.0 Å². The van der Waals surface area contributed by atoms with Crippen LogP contribution >= 0.6 is 0 Å². The minimum atomic E-state index is -1.62. The zero-order valence-electron chi connectivity index (χ0n) is 14.6. The Morgan fingerprint density at radius 1 is 1.27 bits per heavy atom. The Balaban J connectivity index is 1.70. The molecule has 0 bridgehead atoms. The van der Waals surface area contributed by atoms with E-state index < -0.39 is 8.32 Å². The fraction of sp³-hybridized carbons (Fsp3) is 0.579. The predicted molar refractivity (Wildman–Crippen MR) is 96.1 cm³/mol. The second kappa shape index (κ2) is 5.54. The molecule has 2 heterocycles. The summed E-state index contributed by atoms with van der Waals surface area (Å²) >= 11 is 0. The summed E-state index contributed by atoms with van der Waals surface area (Å²) in [6.45, 7) is 12.6. The minimum Gasteiger partial charge on any atom is -0.417 e. The number of pyridine rings is 1. The van der Waals surface area contributed by atoms with Gasteiger partial charge in [0.25, 0.3) is 0 Å². The van der Waals surface area contributed by atoms with E-state index >= 15 is 0 Å². The van der Waals surface area contributed by atoms with Crippen molar-refractivity contribution in [1.29, 1.82) is 0 Å². The molecule has 0 saturated heterocycles. The highest BCUT2D eigenvalue weighted by Crippen LogP contribution is 2.37. The summed E-state index contributed by atoms with van der Waals surface area (Å²) in [7, 11) is -1.62. The van der Waals surface area contributed by atoms with Crippen LogP contribution in [0.1, 0.15) is 38.4 Å². The van der Waals surface area contributed by atoms with Crippen LogP contribution in [-0.2, 0) is 17.3 Å². The zero-order valence-corrected chi connectivity index (χ0v) is 15.6. The van der Waals surface area contributed by atoms with Gasteiger partial charge in [-0.3, -0.25) is 0 Å². The number of nitrogens with zero attached hydrogens (tertiary/aromatic N) is 1. The Labute approximate surface area is 135 Å². The Morgan fingerprint density at radius 3 is 2.77 bits per heavy atom. The third-order valence-electron chi connectivity index (χ3n) is 5.66. The fourth-order valence-electron chi connectivity index (χ4n) is 3.13. The number of hydrogen-bond donors (Lipinski definition) is 0. The molecule has 0 aliphatic heterocycles. The van der Waals surface area contributed by atoms with Crippen molar-refractivity contribution in [3.05, 3.63) is 41.7 Å². The molecule has 22 heavy (non-hydrogen) atoms. The maximum atomic E-state index is 6.45. The Bertz CT molecular complexity index is 666. The molecule has 0 radical (unpaired) electrons. The van der Waals surface area contributed by atoms with Gasteiger partial charge in [0.05, 0.1) is 0 Å². The van der Waals surface area contributed by atoms with Gasteiger partial charge in [0.2, 0.25) is 0 Å². The van der Waals surface area contributed by atoms with E-state index in [0.717, 1.165) is 6.61 Å². The third-order valence-corrected chi connectivity index (χ3v) is 10.2. The van der Waals surface area contributed by atoms with Crippen molar-refractivity contribution in [3.8, 4) is 0 Å². The lowest BCUT2D eigenvalue weighted by Gasteiger charge is -2.37. The molecule has 0 amide bonds. The lowest BCUT2D eigenvalue weighted by molar-refractivity contribution is 0.215. The van der Waals surface area contributed by atoms with Crippen LogP contribution in [0.15, 0.2) is 30.5 Å². The summed E-state index contributed by atoms with van der Waals surface area (Å²) in [5.74, 6) is 0.680. The van der Waals surface area contributed by atoms with Crippen molar-refractivity contribution >= 4 is 13.8 Å². The molecule has 0 fully saturated rings. The topological polar surface area (TPSA) is 13.6 Å². The van der Waals surface area contributed by atoms with E-state index in [-0.39, 0.29) is 0 Å². The van der Waals surface area contributed by atoms with Crippen LogP contribution in [0, 0.1) is 5.92 Å². The van der Waals surface area contributed by atoms with Gasteiger partial charge < -0.3 is 8.83 Å². The molecule has 3 rings (SSSR count). The number of fused-ring (bicyclic) bond motifs is 3. The first kappa shape index (κ1) is 15.8. The van der Waals surface area contributed by atoms with E-state index in [1.54, 1.807) is 0 Å². The number of hydrogen-bond acceptors (Lipinski definition) is 1. The summed E-state index contributed by atoms with van der Waals surface area (Å²) < 4.78 is 8.82. The van der Waals surface area contributed by atoms with Crippen molar-refractivity contribution in [2.45, 2.75) is 58.2 Å². The molecule has 1 unspecified atom stereocenters. The number of aryl methyl sites for hydroxylation is 1. The standard InChI is InChI=1S/C19H29NOSi/c1-19(2,3)22(4,5)21-14-15-9-10-18-16(12-15)13-17-8-6-7-11-20(17)18/h6-8,11,13,15H,9-10,12,14H2,1-5H3. The van der Waals surface area contributed by atoms with Gasteiger partial charge in [-0.15, -0.1) is 0 Å². The monoisotopic (exact) mass is 315 g/mol. The molecular formula is C19H29NOSi. The Hall–Kier alpha value is -1.06. The lowest BCUT2D eigenvalue weighted by atomic mass is 9.88. The number of aromatic nitrogens is 1. The molecule has 1 atom stereocenters. The van der Waals surface area contributed by atoms with Gasteiger partial charge in [0.15, 0.2) is 8.32 Å². The third kappa shape index (κ3) is 2.89. The first-order chi connectivity index (χ1) is 10.3. The average molecular weight is 316 g/mol. The molecule has 3 heteroatoms. The van der Waals surface area contributed by atoms with Gasteiger partial charge in [-0.25, -0.2) is 0 Å². The predicted octanol–water partition coefficient (Wildman–Crippen LogP) is 5.07. The molecule has 1 aliphatic rings. The largest absolute Gasteiger partial charge is 0.417 e. The molecule has 0 aromatic carbocycles. The van der Waals surface area contributed by atoms with Crippen LogP contribution in [0.2, 0.25) is 18.1 Å². The molecule has 120 valence electrons. The minimum absolute atomic E-state index is 0.303. The Kier molecular flexibility index (Phi) is 3.98. The second-order valence-electron chi connectivity index (χ2n) is 8.29. The molecule has 2 nitrogen and oxygen atoms in total. The van der Waals surface area contributed by atoms with E-state index in [2.05, 4.69) is 68.7 Å². The average Bonchev–Trinajstić information content (AvgIpc) is 2.81. The molecular weight excluding hydrogens is 286 g/mol. The van der Waals surface area contributed by atoms with Gasteiger partial charge in [0, 0.05) is 24.0 Å². The highest BCUT2D eigenvalue weighted by atomic mass is 28.4. The normalized spacial score (nSPS) is 19.4. The summed E-state index contributed by atoms with van der Waals surface area (Å²) in [5, 5.41) is 0.303. The van der Waals surface area contributed by atoms with Crippen LogP contribution in [0.3, 0.4) is 0 Å². The second-order valence-corrected chi connectivity index (χ2v) is 13.1. The Morgan fingerprint density at radius 2 is 2.05 bits per heavy atom. The van der Waals surface area contributed by atoms with Crippen molar-refractivity contribution in [2.24, 2.45) is 5.92 Å². The summed E-state index contributed by atoms with van der Waals surface area (Å²) in [6, 6.07) is 8.83. The van der Waals surface area contributed by atoms with Gasteiger partial charge in [0.1, 0.15) is 0 Å². The van der Waals surface area contributed by atoms with Crippen LogP contribution in [-0.4, -0.2) is 19.3 Å². The van der Waals surface area contributed by atoms with Gasteiger partial charge in [-0.05, 0) is 67.1 Å². The van der Waals surface area contributed by atoms with E-state index in [1.807, 2.05) is 0 Å². The van der Waals surface area contributed by atoms with Crippen molar-refractivity contribution in [1.82, 2.24) is 4.40 Å². The van der Waals surface area contributed by atoms with E-state index in [4.69, 9.17) is 4.43 Å². The molecule has 0 saturated carbocycles. The summed E-state index contributed by atoms with van der Waals surface area (Å²) in [5.41, 5.74) is 4.37. The highest BCUT2D eigenvalue weighted by molar-refractivity contribution is 6.74. The van der Waals surface area contributed by atoms with E-state index in [9.17, 15) is 0 Å². The number of rotatable bonds is 3. The molecule has 2 aromatic heterocycles. The van der Waals surface area contributed by atoms with Gasteiger partial charge >= 0.3 is 0 Å². The van der Waals surface area contributed by atoms with Crippen molar-refractivity contribution < 1.29 is 4.43 Å². The van der Waals surface area contributed by atoms with Crippen molar-refractivity contribution in [2.75, 3.05) is 6.61 Å². The van der Waals surface area contributed by atoms with Crippen LogP contribution < -0.4 is 0 Å². The van der Waals surface area contributed by atoms with Gasteiger partial charge in [-0.2, -0.15) is 0 Å². The lowest BCUT2D eigenvalue weighted by Crippen LogP contribution is -2.42. The van der Waals surface area contributed by atoms with Crippen LogP contribution in [0.25, 0.3) is 5.52 Å². The quantitative estimate of drug-likeness (QED) is 0.721. The smallest absolute Gasteiger partial charge is 0.191 e. The highest BCUT2D eigenvalue weighted by Gasteiger charge is 2.37. The molecule has 1 aliphatic carbocycles. The maximum Gasteiger partial charge on any atom is 0.191 e. The van der Waals surface area contributed by atoms with E-state index in [0.29, 0.717) is 11.0 Å². The molecule has 0 spiro atoms. The maximum absolute atomic E-state index is 6.45. The van der Waals surface area contributed by atoms with Crippen molar-refractivity contribution in [3.63, 3.8) is 0 Å². The van der Waals surface area contributed by atoms with Crippen LogP contribution in [0.5, 0.6) is 0 Å². The first-order valence-corrected chi connectivity index (χ1v) is 11.4. The summed E-state index contributed by atoms with van der Waals surface area (Å²) in [6.07, 6.45) is 5.80. The zero-order chi connectivity index (χ0) is 16.0. The van der Waals surface area contributed by atoms with Gasteiger partial charge in [-0.1, -0.05) is 26.8 Å². The summed E-state index contributed by atoms with van der Waals surface area (Å²) in [4.78, 5) is 0. The molecule has 2 aromatic rings. The fourth-order valence-corrected chi connectivity index (χ4v) is 4.22. The van der Waals surface area contributed by atoms with Crippen LogP contribution in [0.4, 0.5) is 0 Å². The SMILES string of the molecule is CC(C)(C)[Si](C)(C)OCC1CCc2c(cc3ccccn23)C1. The first-order valence-electron chi connectivity index (χ1n) is 8.50. The molecule has 0 N–H and O–H groups in total.